The van der Waals surface area contributed by atoms with Gasteiger partial charge in [0.15, 0.2) is 0 Å². The Bertz CT molecular complexity index is 902. The molecule has 0 spiro atoms. The van der Waals surface area contributed by atoms with E-state index in [4.69, 9.17) is 0 Å². The largest absolute Gasteiger partial charge is 0.333 e. The lowest BCUT2D eigenvalue weighted by molar-refractivity contribution is 0.238. The number of likely N-dealkylation sites (tertiary alicyclic amines) is 1. The molecule has 3 aliphatic rings. The van der Waals surface area contributed by atoms with E-state index in [0.717, 1.165) is 75.6 Å². The van der Waals surface area contributed by atoms with E-state index in [1.54, 1.807) is 6.08 Å². The number of nitrogens with one attached hydrogen (secondary N) is 3. The van der Waals surface area contributed by atoms with Crippen LogP contribution < -0.4 is 15.4 Å². The van der Waals surface area contributed by atoms with Crippen LogP contribution in [0.15, 0.2) is 17.6 Å². The maximum Gasteiger partial charge on any atom is 0.333 e. The van der Waals surface area contributed by atoms with Gasteiger partial charge >= 0.3 is 6.03 Å². The molecule has 1 aromatic carbocycles. The number of carbonyl (C=O) groups excluding carboxylic acids is 1. The number of aryl methyl sites for hydroxylation is 2. The highest BCUT2D eigenvalue weighted by atomic mass is 32.2. The van der Waals surface area contributed by atoms with Crippen molar-refractivity contribution in [1.29, 1.82) is 0 Å². The summed E-state index contributed by atoms with van der Waals surface area (Å²) in [5.41, 5.74) is 5.81. The standard InChI is InChI=1S/C22H32N4O3S/c1-26-12-9-18(10-13-26)23-11-4-14-30(28,29)25-22(27)24-21-19-7-2-5-16(19)15-17-6-3-8-20(17)21/h4,14-15,18,23H,2-3,5-13H2,1H3,(H2,24,25,27)/b14-4+. The van der Waals surface area contributed by atoms with Gasteiger partial charge in [0.1, 0.15) is 0 Å². The Balaban J connectivity index is 1.33. The quantitative estimate of drug-likeness (QED) is 0.642. The summed E-state index contributed by atoms with van der Waals surface area (Å²) < 4.78 is 26.7. The summed E-state index contributed by atoms with van der Waals surface area (Å²) in [5.74, 6) is 0. The fourth-order valence-electron chi connectivity index (χ4n) is 4.89. The van der Waals surface area contributed by atoms with Gasteiger partial charge in [0.25, 0.3) is 10.0 Å². The van der Waals surface area contributed by atoms with Gasteiger partial charge in [-0.1, -0.05) is 12.1 Å². The van der Waals surface area contributed by atoms with E-state index in [1.807, 2.05) is 0 Å². The summed E-state index contributed by atoms with van der Waals surface area (Å²) in [6, 6.07) is 2.01. The van der Waals surface area contributed by atoms with Crippen LogP contribution in [0.25, 0.3) is 0 Å². The van der Waals surface area contributed by atoms with Gasteiger partial charge in [0, 0.05) is 23.7 Å². The number of hydrogen-bond acceptors (Lipinski definition) is 5. The Kier molecular flexibility index (Phi) is 6.46. The van der Waals surface area contributed by atoms with Crippen LogP contribution in [0.4, 0.5) is 10.5 Å². The Morgan fingerprint density at radius 2 is 1.73 bits per heavy atom. The van der Waals surface area contributed by atoms with Crippen LogP contribution in [-0.2, 0) is 35.7 Å². The molecule has 1 fully saturated rings. The highest BCUT2D eigenvalue weighted by Crippen LogP contribution is 2.38. The van der Waals surface area contributed by atoms with E-state index in [2.05, 4.69) is 33.4 Å². The molecule has 2 aliphatic carbocycles. The molecule has 3 N–H and O–H groups in total. The zero-order valence-electron chi connectivity index (χ0n) is 17.7. The molecular weight excluding hydrogens is 400 g/mol. The number of anilines is 1. The predicted molar refractivity (Wildman–Crippen MR) is 119 cm³/mol. The van der Waals surface area contributed by atoms with Gasteiger partial charge in [-0.25, -0.2) is 17.9 Å². The zero-order valence-corrected chi connectivity index (χ0v) is 18.5. The Morgan fingerprint density at radius 1 is 1.10 bits per heavy atom. The minimum atomic E-state index is -3.83. The highest BCUT2D eigenvalue weighted by Gasteiger charge is 2.25. The minimum absolute atomic E-state index is 0.409. The zero-order chi connectivity index (χ0) is 21.1. The van der Waals surface area contributed by atoms with E-state index in [0.29, 0.717) is 12.6 Å². The lowest BCUT2D eigenvalue weighted by Crippen LogP contribution is -2.40. The van der Waals surface area contributed by atoms with Gasteiger partial charge in [0.2, 0.25) is 0 Å². The number of piperidine rings is 1. The van der Waals surface area contributed by atoms with Crippen molar-refractivity contribution in [3.63, 3.8) is 0 Å². The van der Waals surface area contributed by atoms with Gasteiger partial charge in [-0.05, 0) is 93.8 Å². The van der Waals surface area contributed by atoms with Crippen molar-refractivity contribution in [1.82, 2.24) is 14.9 Å². The minimum Gasteiger partial charge on any atom is -0.310 e. The smallest absolute Gasteiger partial charge is 0.310 e. The van der Waals surface area contributed by atoms with Crippen molar-refractivity contribution in [2.75, 3.05) is 32.0 Å². The number of benzene rings is 1. The molecule has 0 atom stereocenters. The van der Waals surface area contributed by atoms with Gasteiger partial charge in [-0.15, -0.1) is 0 Å². The van der Waals surface area contributed by atoms with Gasteiger partial charge in [-0.2, -0.15) is 0 Å². The van der Waals surface area contributed by atoms with Crippen LogP contribution in [0.3, 0.4) is 0 Å². The summed E-state index contributed by atoms with van der Waals surface area (Å²) >= 11 is 0. The lowest BCUT2D eigenvalue weighted by Gasteiger charge is -2.29. The Labute approximate surface area is 179 Å². The second-order valence-electron chi connectivity index (χ2n) is 8.69. The molecule has 1 aromatic rings. The van der Waals surface area contributed by atoms with Crippen molar-refractivity contribution in [3.05, 3.63) is 39.8 Å². The topological polar surface area (TPSA) is 90.5 Å². The third kappa shape index (κ3) is 5.04. The highest BCUT2D eigenvalue weighted by molar-refractivity contribution is 7.92. The summed E-state index contributed by atoms with van der Waals surface area (Å²) in [7, 11) is -1.72. The van der Waals surface area contributed by atoms with Crippen molar-refractivity contribution in [3.8, 4) is 0 Å². The molecule has 0 saturated carbocycles. The average molecular weight is 433 g/mol. The molecular formula is C22H32N4O3S. The summed E-state index contributed by atoms with van der Waals surface area (Å²) in [4.78, 5) is 14.8. The number of fused-ring (bicyclic) bond motifs is 2. The van der Waals surface area contributed by atoms with Crippen LogP contribution in [0, 0.1) is 0 Å². The molecule has 30 heavy (non-hydrogen) atoms. The Morgan fingerprint density at radius 3 is 2.37 bits per heavy atom. The normalized spacial score (nSPS) is 19.8. The predicted octanol–water partition coefficient (Wildman–Crippen LogP) is 2.31. The van der Waals surface area contributed by atoms with Gasteiger partial charge in [0.05, 0.1) is 0 Å². The van der Waals surface area contributed by atoms with E-state index >= 15 is 0 Å². The number of nitrogens with zero attached hydrogens (tertiary/aromatic N) is 1. The first-order valence-corrected chi connectivity index (χ1v) is 12.5. The van der Waals surface area contributed by atoms with Crippen molar-refractivity contribution >= 4 is 21.7 Å². The fraction of sp³-hybridized carbons (Fsp3) is 0.591. The maximum atomic E-state index is 12.5. The first kappa shape index (κ1) is 21.3. The SMILES string of the molecule is CN1CCC(NC/C=C/S(=O)(=O)NC(=O)Nc2c3c(cc4c2CCC4)CCC3)CC1. The molecule has 4 rings (SSSR count). The second kappa shape index (κ2) is 9.08. The van der Waals surface area contributed by atoms with Crippen LogP contribution in [-0.4, -0.2) is 52.1 Å². The van der Waals surface area contributed by atoms with E-state index in [-0.39, 0.29) is 0 Å². The first-order chi connectivity index (χ1) is 14.4. The van der Waals surface area contributed by atoms with Crippen LogP contribution in [0.1, 0.15) is 47.9 Å². The number of rotatable bonds is 6. The maximum absolute atomic E-state index is 12.5. The fourth-order valence-corrected chi connectivity index (χ4v) is 5.62. The number of amides is 2. The van der Waals surface area contributed by atoms with Crippen LogP contribution in [0.5, 0.6) is 0 Å². The molecule has 1 heterocycles. The molecule has 1 aliphatic heterocycles. The van der Waals surface area contributed by atoms with E-state index in [9.17, 15) is 13.2 Å². The summed E-state index contributed by atoms with van der Waals surface area (Å²) in [6.45, 7) is 2.57. The molecule has 0 aromatic heterocycles. The molecule has 0 unspecified atom stereocenters. The van der Waals surface area contributed by atoms with Crippen molar-refractivity contribution in [2.24, 2.45) is 0 Å². The summed E-state index contributed by atoms with van der Waals surface area (Å²) in [5, 5.41) is 7.30. The monoisotopic (exact) mass is 432 g/mol. The third-order valence-corrected chi connectivity index (χ3v) is 7.49. The van der Waals surface area contributed by atoms with E-state index in [1.165, 1.54) is 22.3 Å². The van der Waals surface area contributed by atoms with Crippen molar-refractivity contribution in [2.45, 2.75) is 57.4 Å². The van der Waals surface area contributed by atoms with Gasteiger partial charge < -0.3 is 15.5 Å². The first-order valence-electron chi connectivity index (χ1n) is 11.0. The molecule has 0 radical (unpaired) electrons. The number of hydrogen-bond donors (Lipinski definition) is 3. The number of sulfonamides is 1. The molecule has 164 valence electrons. The molecule has 2 amide bonds. The second-order valence-corrected chi connectivity index (χ2v) is 10.3. The summed E-state index contributed by atoms with van der Waals surface area (Å²) in [6.07, 6.45) is 9.79. The lowest BCUT2D eigenvalue weighted by atomic mass is 9.99. The van der Waals surface area contributed by atoms with Crippen molar-refractivity contribution < 1.29 is 13.2 Å². The Hall–Kier alpha value is -1.90. The molecule has 8 heteroatoms. The van der Waals surface area contributed by atoms with Crippen LogP contribution >= 0.6 is 0 Å². The average Bonchev–Trinajstić information content (AvgIpc) is 3.35. The van der Waals surface area contributed by atoms with Crippen LogP contribution in [0.2, 0.25) is 0 Å². The van der Waals surface area contributed by atoms with Gasteiger partial charge in [-0.3, -0.25) is 0 Å². The molecule has 0 bridgehead atoms. The third-order valence-electron chi connectivity index (χ3n) is 6.46. The number of urea groups is 1. The van der Waals surface area contributed by atoms with E-state index < -0.39 is 16.1 Å². The molecule has 7 nitrogen and oxygen atoms in total. The number of carbonyl (C=O) groups is 1. The molecule has 1 saturated heterocycles.